The molecule has 0 saturated heterocycles. The molecule has 0 fully saturated rings. The molecule has 0 aliphatic heterocycles. The molecule has 0 aliphatic rings. The van der Waals surface area contributed by atoms with Crippen molar-refractivity contribution >= 4 is 23.2 Å². The molecule has 0 aromatic heterocycles. The summed E-state index contributed by atoms with van der Waals surface area (Å²) in [5.74, 6) is 0.525. The number of benzene rings is 3. The van der Waals surface area contributed by atoms with E-state index in [0.717, 1.165) is 12.1 Å². The number of alkyl halides is 3. The van der Waals surface area contributed by atoms with Gasteiger partial charge in [0.1, 0.15) is 6.04 Å². The van der Waals surface area contributed by atoms with E-state index >= 15 is 0 Å². The molecule has 5 nitrogen and oxygen atoms in total. The van der Waals surface area contributed by atoms with Gasteiger partial charge >= 0.3 is 6.18 Å². The fourth-order valence-electron chi connectivity index (χ4n) is 3.44. The minimum absolute atomic E-state index is 0.182. The molecule has 180 valence electrons. The van der Waals surface area contributed by atoms with E-state index in [1.165, 1.54) is 31.3 Å². The Morgan fingerprint density at radius 3 is 2.15 bits per heavy atom. The maximum absolute atomic E-state index is 13.4. The minimum atomic E-state index is -4.41. The Morgan fingerprint density at radius 1 is 0.971 bits per heavy atom. The Bertz CT molecular complexity index is 1120. The van der Waals surface area contributed by atoms with E-state index in [-0.39, 0.29) is 12.5 Å². The fourth-order valence-corrected chi connectivity index (χ4v) is 3.57. The largest absolute Gasteiger partial charge is 0.493 e. The van der Waals surface area contributed by atoms with Crippen LogP contribution in [0.3, 0.4) is 0 Å². The first-order valence-electron chi connectivity index (χ1n) is 10.3. The molecule has 9 heteroatoms. The second-order valence-electron chi connectivity index (χ2n) is 7.50. The van der Waals surface area contributed by atoms with E-state index < -0.39 is 17.8 Å². The average molecular weight is 493 g/mol. The zero-order chi connectivity index (χ0) is 24.9. The lowest BCUT2D eigenvalue weighted by molar-refractivity contribution is -0.137. The van der Waals surface area contributed by atoms with Gasteiger partial charge in [-0.2, -0.15) is 13.2 Å². The molecule has 1 unspecified atom stereocenters. The van der Waals surface area contributed by atoms with E-state index in [1.54, 1.807) is 42.5 Å². The Morgan fingerprint density at radius 2 is 1.59 bits per heavy atom. The second-order valence-corrected chi connectivity index (χ2v) is 7.94. The highest BCUT2D eigenvalue weighted by atomic mass is 35.5. The first kappa shape index (κ1) is 25.4. The fraction of sp³-hybridized carbons (Fsp3) is 0.240. The normalized spacial score (nSPS) is 12.2. The van der Waals surface area contributed by atoms with Crippen LogP contribution in [-0.4, -0.2) is 26.7 Å². The van der Waals surface area contributed by atoms with Crippen LogP contribution in [0.4, 0.5) is 18.9 Å². The lowest BCUT2D eigenvalue weighted by Crippen LogP contribution is -2.40. The monoisotopic (exact) mass is 492 g/mol. The third-order valence-electron chi connectivity index (χ3n) is 5.35. The highest BCUT2D eigenvalue weighted by Crippen LogP contribution is 2.33. The number of amides is 1. The topological polar surface area (TPSA) is 64.8 Å². The van der Waals surface area contributed by atoms with E-state index in [9.17, 15) is 18.0 Å². The Kier molecular flexibility index (Phi) is 8.06. The molecular formula is C25H24ClF3N2O3. The number of hydrogen-bond donors (Lipinski definition) is 1. The quantitative estimate of drug-likeness (QED) is 0.441. The molecular weight excluding hydrogens is 469 g/mol. The van der Waals surface area contributed by atoms with Gasteiger partial charge in [0.15, 0.2) is 11.5 Å². The first-order chi connectivity index (χ1) is 16.1. The van der Waals surface area contributed by atoms with Gasteiger partial charge in [-0.1, -0.05) is 35.9 Å². The number of ether oxygens (including phenoxy) is 2. The molecule has 0 radical (unpaired) electrons. The summed E-state index contributed by atoms with van der Waals surface area (Å²) < 4.78 is 49.2. The Hall–Kier alpha value is -3.23. The van der Waals surface area contributed by atoms with Crippen LogP contribution in [0.25, 0.3) is 0 Å². The standard InChI is InChI=1S/C25H24ClF3N2O3/c1-33-21-12-11-20(15-22(21)34-2)31(24(32)23(30)17-5-9-19(26)10-6-17)14-13-16-3-7-18(8-4-16)25(27,28)29/h3-12,15,23H,13-14,30H2,1-2H3. The minimum Gasteiger partial charge on any atom is -0.493 e. The van der Waals surface area contributed by atoms with Crippen molar-refractivity contribution in [2.75, 3.05) is 25.7 Å². The highest BCUT2D eigenvalue weighted by Gasteiger charge is 2.30. The van der Waals surface area contributed by atoms with Gasteiger partial charge in [0, 0.05) is 23.3 Å². The number of carbonyl (C=O) groups excluding carboxylic acids is 1. The van der Waals surface area contributed by atoms with Gasteiger partial charge in [-0.3, -0.25) is 4.79 Å². The van der Waals surface area contributed by atoms with Crippen LogP contribution >= 0.6 is 11.6 Å². The smallest absolute Gasteiger partial charge is 0.416 e. The SMILES string of the molecule is COc1ccc(N(CCc2ccc(C(F)(F)F)cc2)C(=O)C(N)c2ccc(Cl)cc2)cc1OC. The van der Waals surface area contributed by atoms with Crippen LogP contribution in [0.2, 0.25) is 5.02 Å². The third kappa shape index (κ3) is 6.01. The number of halogens is 4. The second kappa shape index (κ2) is 10.8. The number of hydrogen-bond acceptors (Lipinski definition) is 4. The number of anilines is 1. The Labute approximate surface area is 200 Å². The number of carbonyl (C=O) groups is 1. The van der Waals surface area contributed by atoms with Crippen LogP contribution in [-0.2, 0) is 17.4 Å². The maximum Gasteiger partial charge on any atom is 0.416 e. The lowest BCUT2D eigenvalue weighted by Gasteiger charge is -2.27. The zero-order valence-corrected chi connectivity index (χ0v) is 19.4. The van der Waals surface area contributed by atoms with Crippen LogP contribution in [0.5, 0.6) is 11.5 Å². The maximum atomic E-state index is 13.4. The molecule has 0 heterocycles. The summed E-state index contributed by atoms with van der Waals surface area (Å²) in [4.78, 5) is 14.9. The summed E-state index contributed by atoms with van der Waals surface area (Å²) in [7, 11) is 2.98. The summed E-state index contributed by atoms with van der Waals surface area (Å²) in [5.41, 5.74) is 7.28. The van der Waals surface area contributed by atoms with E-state index in [2.05, 4.69) is 0 Å². The average Bonchev–Trinajstić information content (AvgIpc) is 2.83. The van der Waals surface area contributed by atoms with E-state index in [1.807, 2.05) is 0 Å². The molecule has 34 heavy (non-hydrogen) atoms. The Balaban J connectivity index is 1.90. The molecule has 0 saturated carbocycles. The van der Waals surface area contributed by atoms with Crippen molar-refractivity contribution in [3.05, 3.63) is 88.4 Å². The molecule has 1 amide bonds. The van der Waals surface area contributed by atoms with Crippen molar-refractivity contribution in [2.45, 2.75) is 18.6 Å². The third-order valence-corrected chi connectivity index (χ3v) is 5.60. The number of rotatable bonds is 8. The van der Waals surface area contributed by atoms with E-state index in [0.29, 0.717) is 39.8 Å². The summed E-state index contributed by atoms with van der Waals surface area (Å²) in [6, 6.07) is 15.5. The van der Waals surface area contributed by atoms with Crippen LogP contribution in [0.1, 0.15) is 22.7 Å². The number of nitrogens with two attached hydrogens (primary N) is 1. The number of nitrogens with zero attached hydrogens (tertiary/aromatic N) is 1. The van der Waals surface area contributed by atoms with Crippen LogP contribution < -0.4 is 20.1 Å². The summed E-state index contributed by atoms with van der Waals surface area (Å²) >= 11 is 5.94. The lowest BCUT2D eigenvalue weighted by atomic mass is 10.0. The molecule has 3 aromatic carbocycles. The summed E-state index contributed by atoms with van der Waals surface area (Å²) in [6.07, 6.45) is -4.10. The predicted molar refractivity (Wildman–Crippen MR) is 125 cm³/mol. The molecule has 3 aromatic rings. The molecule has 0 spiro atoms. The van der Waals surface area contributed by atoms with Crippen molar-refractivity contribution in [3.63, 3.8) is 0 Å². The first-order valence-corrected chi connectivity index (χ1v) is 10.7. The summed E-state index contributed by atoms with van der Waals surface area (Å²) in [5, 5.41) is 0.516. The van der Waals surface area contributed by atoms with Crippen molar-refractivity contribution in [1.82, 2.24) is 0 Å². The van der Waals surface area contributed by atoms with Crippen molar-refractivity contribution < 1.29 is 27.4 Å². The van der Waals surface area contributed by atoms with Gasteiger partial charge < -0.3 is 20.1 Å². The van der Waals surface area contributed by atoms with Crippen LogP contribution in [0, 0.1) is 0 Å². The van der Waals surface area contributed by atoms with Gasteiger partial charge in [-0.05, 0) is 53.9 Å². The predicted octanol–water partition coefficient (Wildman–Crippen LogP) is 5.65. The molecule has 1 atom stereocenters. The number of methoxy groups -OCH3 is 2. The van der Waals surface area contributed by atoms with Crippen molar-refractivity contribution in [3.8, 4) is 11.5 Å². The zero-order valence-electron chi connectivity index (χ0n) is 18.6. The van der Waals surface area contributed by atoms with E-state index in [4.69, 9.17) is 26.8 Å². The van der Waals surface area contributed by atoms with Gasteiger partial charge in [-0.25, -0.2) is 0 Å². The van der Waals surface area contributed by atoms with Gasteiger partial charge in [-0.15, -0.1) is 0 Å². The molecule has 0 aliphatic carbocycles. The summed E-state index contributed by atoms with van der Waals surface area (Å²) in [6.45, 7) is 0.182. The highest BCUT2D eigenvalue weighted by molar-refractivity contribution is 6.30. The van der Waals surface area contributed by atoms with Crippen LogP contribution in [0.15, 0.2) is 66.7 Å². The van der Waals surface area contributed by atoms with Gasteiger partial charge in [0.2, 0.25) is 5.91 Å². The molecule has 0 bridgehead atoms. The van der Waals surface area contributed by atoms with Gasteiger partial charge in [0.25, 0.3) is 0 Å². The van der Waals surface area contributed by atoms with Crippen molar-refractivity contribution in [2.24, 2.45) is 5.73 Å². The van der Waals surface area contributed by atoms with Gasteiger partial charge in [0.05, 0.1) is 19.8 Å². The van der Waals surface area contributed by atoms with Crippen molar-refractivity contribution in [1.29, 1.82) is 0 Å². The molecule has 2 N–H and O–H groups in total. The molecule has 3 rings (SSSR count).